The second kappa shape index (κ2) is 10.0. The minimum Gasteiger partial charge on any atom is -0.394 e. The maximum absolute atomic E-state index is 13.0. The molecule has 3 N–H and O–H groups in total. The van der Waals surface area contributed by atoms with Crippen molar-refractivity contribution < 1.29 is 19.4 Å². The molecule has 1 aromatic carbocycles. The molecular weight excluding hydrogens is 426 g/mol. The second-order valence-corrected chi connectivity index (χ2v) is 7.10. The van der Waals surface area contributed by atoms with Crippen molar-refractivity contribution in [3.8, 4) is 11.4 Å². The maximum Gasteiger partial charge on any atom is 0.274 e. The molecule has 0 spiro atoms. The summed E-state index contributed by atoms with van der Waals surface area (Å²) in [7, 11) is 1.59. The zero-order valence-corrected chi connectivity index (χ0v) is 17.9. The highest BCUT2D eigenvalue weighted by Crippen LogP contribution is 2.18. The van der Waals surface area contributed by atoms with Crippen LogP contribution in [-0.2, 0) is 11.8 Å². The van der Waals surface area contributed by atoms with Gasteiger partial charge in [-0.1, -0.05) is 30.3 Å². The van der Waals surface area contributed by atoms with E-state index in [2.05, 4.69) is 25.8 Å². The topological polar surface area (TPSA) is 136 Å². The predicted octanol–water partition coefficient (Wildman–Crippen LogP) is 1.12. The number of fused-ring (bicyclic) bond motifs is 1. The lowest BCUT2D eigenvalue weighted by atomic mass is 10.2. The highest BCUT2D eigenvalue weighted by Gasteiger charge is 2.22. The summed E-state index contributed by atoms with van der Waals surface area (Å²) in [4.78, 5) is 30.0. The molecule has 0 aliphatic rings. The fourth-order valence-corrected chi connectivity index (χ4v) is 3.23. The van der Waals surface area contributed by atoms with Gasteiger partial charge in [0.15, 0.2) is 11.5 Å². The van der Waals surface area contributed by atoms with Crippen LogP contribution in [0.3, 0.4) is 0 Å². The lowest BCUT2D eigenvalue weighted by Gasteiger charge is -2.09. The third-order valence-corrected chi connectivity index (χ3v) is 4.79. The number of pyridine rings is 1. The molecule has 170 valence electrons. The number of hydrogen-bond acceptors (Lipinski definition) is 7. The molecule has 0 radical (unpaired) electrons. The number of nitrogens with one attached hydrogen (secondary N) is 2. The first-order valence-electron chi connectivity index (χ1n) is 10.3. The largest absolute Gasteiger partial charge is 0.394 e. The minimum atomic E-state index is -0.483. The quantitative estimate of drug-likeness (QED) is 0.326. The van der Waals surface area contributed by atoms with Crippen molar-refractivity contribution in [2.45, 2.75) is 0 Å². The van der Waals surface area contributed by atoms with E-state index in [4.69, 9.17) is 9.84 Å². The van der Waals surface area contributed by atoms with Crippen molar-refractivity contribution >= 4 is 23.1 Å². The summed E-state index contributed by atoms with van der Waals surface area (Å²) in [5.41, 5.74) is 2.23. The number of aromatic nitrogens is 5. The van der Waals surface area contributed by atoms with Crippen LogP contribution >= 0.6 is 0 Å². The lowest BCUT2D eigenvalue weighted by molar-refractivity contribution is 0.0834. The van der Waals surface area contributed by atoms with Gasteiger partial charge in [-0.25, -0.2) is 9.50 Å². The molecule has 0 atom stereocenters. The molecule has 0 fully saturated rings. The van der Waals surface area contributed by atoms with Gasteiger partial charge in [0.05, 0.1) is 31.6 Å². The molecule has 11 nitrogen and oxygen atoms in total. The maximum atomic E-state index is 13.0. The number of aliphatic hydroxyl groups is 1. The second-order valence-electron chi connectivity index (χ2n) is 7.10. The number of carbonyl (C=O) groups excluding carboxylic acids is 2. The first kappa shape index (κ1) is 22.1. The van der Waals surface area contributed by atoms with Crippen molar-refractivity contribution in [3.63, 3.8) is 0 Å². The molecule has 0 unspecified atom stereocenters. The summed E-state index contributed by atoms with van der Waals surface area (Å²) in [5.74, 6) is -0.349. The van der Waals surface area contributed by atoms with Crippen LogP contribution in [0.15, 0.2) is 54.9 Å². The number of ether oxygens (including phenoxy) is 1. The molecule has 0 aliphatic heterocycles. The van der Waals surface area contributed by atoms with E-state index in [0.717, 1.165) is 5.56 Å². The Hall–Kier alpha value is -4.09. The Morgan fingerprint density at radius 1 is 1.12 bits per heavy atom. The summed E-state index contributed by atoms with van der Waals surface area (Å²) in [6.45, 7) is 0.591. The van der Waals surface area contributed by atoms with E-state index in [1.807, 2.05) is 30.3 Å². The van der Waals surface area contributed by atoms with Gasteiger partial charge in [0, 0.05) is 37.1 Å². The van der Waals surface area contributed by atoms with Gasteiger partial charge in [0.1, 0.15) is 5.69 Å². The Balaban J connectivity index is 1.48. The summed E-state index contributed by atoms with van der Waals surface area (Å²) in [5, 5.41) is 22.7. The molecule has 4 aromatic rings. The molecule has 11 heteroatoms. The first-order chi connectivity index (χ1) is 16.1. The molecular formula is C22H23N7O4. The van der Waals surface area contributed by atoms with Gasteiger partial charge in [-0.2, -0.15) is 5.10 Å². The molecule has 0 aliphatic carbocycles. The predicted molar refractivity (Wildman–Crippen MR) is 120 cm³/mol. The summed E-state index contributed by atoms with van der Waals surface area (Å²) < 4.78 is 8.09. The van der Waals surface area contributed by atoms with Gasteiger partial charge in [-0.15, -0.1) is 5.10 Å². The summed E-state index contributed by atoms with van der Waals surface area (Å²) in [6, 6.07) is 13.0. The minimum absolute atomic E-state index is 0.0882. The summed E-state index contributed by atoms with van der Waals surface area (Å²) >= 11 is 0. The van der Waals surface area contributed by atoms with Crippen molar-refractivity contribution in [2.24, 2.45) is 7.05 Å². The third-order valence-electron chi connectivity index (χ3n) is 4.79. The Labute approximate surface area is 189 Å². The number of amides is 2. The monoisotopic (exact) mass is 449 g/mol. The average Bonchev–Trinajstić information content (AvgIpc) is 3.42. The van der Waals surface area contributed by atoms with E-state index in [9.17, 15) is 9.59 Å². The van der Waals surface area contributed by atoms with Gasteiger partial charge in [-0.05, 0) is 6.07 Å². The van der Waals surface area contributed by atoms with Crippen LogP contribution in [0.25, 0.3) is 17.0 Å². The van der Waals surface area contributed by atoms with Crippen LogP contribution in [0.4, 0.5) is 5.69 Å². The van der Waals surface area contributed by atoms with Crippen LogP contribution < -0.4 is 10.6 Å². The third kappa shape index (κ3) is 5.05. The molecule has 3 heterocycles. The van der Waals surface area contributed by atoms with E-state index in [0.29, 0.717) is 17.2 Å². The van der Waals surface area contributed by atoms with Gasteiger partial charge in [0.2, 0.25) is 0 Å². The Kier molecular flexibility index (Phi) is 6.72. The number of carbonyl (C=O) groups is 2. The number of nitrogens with zero attached hydrogens (tertiary/aromatic N) is 5. The van der Waals surface area contributed by atoms with Crippen LogP contribution in [0, 0.1) is 0 Å². The molecule has 33 heavy (non-hydrogen) atoms. The van der Waals surface area contributed by atoms with E-state index in [-0.39, 0.29) is 37.6 Å². The van der Waals surface area contributed by atoms with Gasteiger partial charge >= 0.3 is 0 Å². The van der Waals surface area contributed by atoms with Crippen molar-refractivity contribution in [1.29, 1.82) is 0 Å². The zero-order valence-electron chi connectivity index (χ0n) is 17.9. The van der Waals surface area contributed by atoms with Gasteiger partial charge < -0.3 is 20.5 Å². The van der Waals surface area contributed by atoms with Crippen LogP contribution in [0.2, 0.25) is 0 Å². The van der Waals surface area contributed by atoms with Gasteiger partial charge in [0.25, 0.3) is 11.8 Å². The highest BCUT2D eigenvalue weighted by atomic mass is 16.5. The Morgan fingerprint density at radius 3 is 2.73 bits per heavy atom. The van der Waals surface area contributed by atoms with E-state index < -0.39 is 11.8 Å². The van der Waals surface area contributed by atoms with Crippen molar-refractivity contribution in [2.75, 3.05) is 31.7 Å². The molecule has 0 saturated carbocycles. The van der Waals surface area contributed by atoms with E-state index in [1.54, 1.807) is 29.9 Å². The smallest absolute Gasteiger partial charge is 0.274 e. The zero-order chi connectivity index (χ0) is 23.2. The summed E-state index contributed by atoms with van der Waals surface area (Å²) in [6.07, 6.45) is 3.04. The molecule has 3 aromatic heterocycles. The molecule has 4 rings (SSSR count). The van der Waals surface area contributed by atoms with Crippen LogP contribution in [0.1, 0.15) is 20.8 Å². The van der Waals surface area contributed by atoms with E-state index in [1.165, 1.54) is 10.9 Å². The fraction of sp³-hybridized carbons (Fsp3) is 0.227. The number of aryl methyl sites for hydroxylation is 1. The molecule has 0 saturated heterocycles. The number of benzene rings is 1. The van der Waals surface area contributed by atoms with Gasteiger partial charge in [-0.3, -0.25) is 14.3 Å². The Morgan fingerprint density at radius 2 is 1.94 bits per heavy atom. The normalized spacial score (nSPS) is 11.0. The van der Waals surface area contributed by atoms with E-state index >= 15 is 0 Å². The number of hydrogen-bond donors (Lipinski definition) is 3. The lowest BCUT2D eigenvalue weighted by Crippen LogP contribution is -2.29. The first-order valence-corrected chi connectivity index (χ1v) is 10.3. The fourth-order valence-electron chi connectivity index (χ4n) is 3.23. The highest BCUT2D eigenvalue weighted by molar-refractivity contribution is 6.11. The number of rotatable bonds is 9. The molecule has 2 amide bonds. The standard InChI is InChI=1S/C22H23N7O4/c1-28-19(17(14-24-28)21(31)23-8-11-33-12-10-30)22(32)25-16-7-9-29-18(13-16)26-20(27-29)15-5-3-2-4-6-15/h2-7,9,13-14,30H,8,10-12H2,1H3,(H,23,31)(H,25,32). The SMILES string of the molecule is Cn1ncc(C(=O)NCCOCCO)c1C(=O)Nc1ccn2nc(-c3ccccc3)nc2c1. The average molecular weight is 449 g/mol. The van der Waals surface area contributed by atoms with Crippen molar-refractivity contribution in [3.05, 3.63) is 66.1 Å². The molecule has 0 bridgehead atoms. The van der Waals surface area contributed by atoms with Crippen LogP contribution in [-0.4, -0.2) is 67.7 Å². The van der Waals surface area contributed by atoms with Crippen LogP contribution in [0.5, 0.6) is 0 Å². The van der Waals surface area contributed by atoms with Crippen molar-refractivity contribution in [1.82, 2.24) is 29.7 Å². The number of anilines is 1. The Bertz CT molecular complexity index is 1270. The number of aliphatic hydroxyl groups excluding tert-OH is 1.